The molecule has 0 fully saturated rings. The number of rotatable bonds is 5. The quantitative estimate of drug-likeness (QED) is 0.242. The summed E-state index contributed by atoms with van der Waals surface area (Å²) in [5, 5.41) is 5.62. The van der Waals surface area contributed by atoms with E-state index in [9.17, 15) is 14.0 Å². The van der Waals surface area contributed by atoms with Gasteiger partial charge in [0, 0.05) is 16.3 Å². The van der Waals surface area contributed by atoms with Gasteiger partial charge in [-0.25, -0.2) is 14.2 Å². The summed E-state index contributed by atoms with van der Waals surface area (Å²) in [5.74, 6) is -1.39. The summed E-state index contributed by atoms with van der Waals surface area (Å²) in [4.78, 5) is 31.7. The van der Waals surface area contributed by atoms with Crippen LogP contribution in [0.4, 0.5) is 9.39 Å². The highest BCUT2D eigenvalue weighted by Gasteiger charge is 2.24. The minimum Gasteiger partial charge on any atom is -0.465 e. The van der Waals surface area contributed by atoms with Crippen LogP contribution >= 0.6 is 34.3 Å². The largest absolute Gasteiger partial charge is 0.465 e. The van der Waals surface area contributed by atoms with E-state index >= 15 is 0 Å². The number of anilines is 1. The first-order valence-electron chi connectivity index (χ1n) is 10.4. The zero-order valence-corrected chi connectivity index (χ0v) is 20.6. The number of amides is 1. The molecule has 0 saturated carbocycles. The summed E-state index contributed by atoms with van der Waals surface area (Å²) in [6, 6.07) is 18.5. The molecule has 1 amide bonds. The fourth-order valence-corrected chi connectivity index (χ4v) is 5.66. The van der Waals surface area contributed by atoms with Crippen molar-refractivity contribution in [3.8, 4) is 21.7 Å². The van der Waals surface area contributed by atoms with Crippen LogP contribution in [-0.2, 0) is 4.74 Å². The second-order valence-corrected chi connectivity index (χ2v) is 10.1. The number of pyridine rings is 1. The predicted molar refractivity (Wildman–Crippen MR) is 139 cm³/mol. The minimum atomic E-state index is -0.602. The lowest BCUT2D eigenvalue weighted by Gasteiger charge is -2.11. The number of ether oxygens (including phenoxy) is 1. The average molecular weight is 523 g/mol. The predicted octanol–water partition coefficient (Wildman–Crippen LogP) is 7.52. The van der Waals surface area contributed by atoms with Crippen LogP contribution in [0.3, 0.4) is 0 Å². The average Bonchev–Trinajstić information content (AvgIpc) is 3.49. The number of hydrogen-bond acceptors (Lipinski definition) is 6. The molecule has 0 bridgehead atoms. The summed E-state index contributed by atoms with van der Waals surface area (Å²) in [7, 11) is 1.27. The van der Waals surface area contributed by atoms with Crippen molar-refractivity contribution in [2.75, 3.05) is 12.4 Å². The van der Waals surface area contributed by atoms with E-state index in [0.29, 0.717) is 42.6 Å². The van der Waals surface area contributed by atoms with Gasteiger partial charge in [0.2, 0.25) is 0 Å². The van der Waals surface area contributed by atoms with Gasteiger partial charge in [0.1, 0.15) is 16.4 Å². The highest BCUT2D eigenvalue weighted by molar-refractivity contribution is 7.19. The number of thiophene rings is 2. The maximum absolute atomic E-state index is 13.5. The van der Waals surface area contributed by atoms with Crippen molar-refractivity contribution >= 4 is 62.1 Å². The molecule has 3 aromatic heterocycles. The van der Waals surface area contributed by atoms with E-state index in [1.54, 1.807) is 29.6 Å². The van der Waals surface area contributed by atoms with Gasteiger partial charge < -0.3 is 10.1 Å². The highest BCUT2D eigenvalue weighted by atomic mass is 35.5. The van der Waals surface area contributed by atoms with E-state index in [4.69, 9.17) is 16.3 Å². The molecular formula is C26H16ClFN2O3S2. The molecule has 5 rings (SSSR count). The van der Waals surface area contributed by atoms with Gasteiger partial charge in [-0.3, -0.25) is 4.79 Å². The molecule has 5 aromatic rings. The van der Waals surface area contributed by atoms with Crippen molar-refractivity contribution in [3.05, 3.63) is 93.4 Å². The van der Waals surface area contributed by atoms with Crippen LogP contribution in [0.25, 0.3) is 32.6 Å². The first kappa shape index (κ1) is 23.2. The highest BCUT2D eigenvalue weighted by Crippen LogP contribution is 2.37. The number of carbonyl (C=O) groups is 2. The van der Waals surface area contributed by atoms with Crippen LogP contribution in [-0.4, -0.2) is 24.0 Å². The van der Waals surface area contributed by atoms with Crippen molar-refractivity contribution in [2.45, 2.75) is 0 Å². The number of methoxy groups -OCH3 is 1. The number of esters is 1. The van der Waals surface area contributed by atoms with Crippen LogP contribution in [0.1, 0.15) is 20.7 Å². The molecule has 0 atom stereocenters. The Labute approximate surface area is 212 Å². The molecule has 0 unspecified atom stereocenters. The lowest BCUT2D eigenvalue weighted by Crippen LogP contribution is -2.15. The second kappa shape index (κ2) is 9.58. The molecule has 9 heteroatoms. The van der Waals surface area contributed by atoms with Gasteiger partial charge in [0.15, 0.2) is 0 Å². The first-order valence-corrected chi connectivity index (χ1v) is 12.4. The molecule has 3 heterocycles. The van der Waals surface area contributed by atoms with E-state index in [-0.39, 0.29) is 11.4 Å². The molecule has 0 aliphatic heterocycles. The summed E-state index contributed by atoms with van der Waals surface area (Å²) in [6.07, 6.45) is 0. The number of carbonyl (C=O) groups excluding carboxylic acids is 2. The number of hydrogen-bond donors (Lipinski definition) is 1. The molecule has 2 aromatic carbocycles. The molecule has 0 aliphatic carbocycles. The van der Waals surface area contributed by atoms with Gasteiger partial charge >= 0.3 is 5.97 Å². The Balaban J connectivity index is 1.58. The maximum Gasteiger partial charge on any atom is 0.341 e. The lowest BCUT2D eigenvalue weighted by atomic mass is 10.0. The maximum atomic E-state index is 13.5. The van der Waals surface area contributed by atoms with Gasteiger partial charge in [0.05, 0.1) is 33.1 Å². The molecule has 0 aliphatic rings. The minimum absolute atomic E-state index is 0.209. The fraction of sp³-hybridized carbons (Fsp3) is 0.0385. The third-order valence-electron chi connectivity index (χ3n) is 5.35. The third-order valence-corrected chi connectivity index (χ3v) is 7.50. The van der Waals surface area contributed by atoms with E-state index in [1.165, 1.54) is 41.9 Å². The fourth-order valence-electron chi connectivity index (χ4n) is 3.71. The van der Waals surface area contributed by atoms with Gasteiger partial charge in [-0.1, -0.05) is 41.9 Å². The number of nitrogens with one attached hydrogen (secondary N) is 1. The molecule has 174 valence electrons. The Morgan fingerprint density at radius 1 is 1.06 bits per heavy atom. The van der Waals surface area contributed by atoms with Gasteiger partial charge in [-0.2, -0.15) is 0 Å². The Morgan fingerprint density at radius 2 is 1.83 bits per heavy atom. The number of aromatic nitrogens is 1. The van der Waals surface area contributed by atoms with Crippen molar-refractivity contribution in [1.82, 2.24) is 4.98 Å². The monoisotopic (exact) mass is 522 g/mol. The normalized spacial score (nSPS) is 10.9. The Hall–Kier alpha value is -3.59. The summed E-state index contributed by atoms with van der Waals surface area (Å²) >= 11 is 8.67. The number of nitrogens with zero attached hydrogens (tertiary/aromatic N) is 1. The van der Waals surface area contributed by atoms with Gasteiger partial charge in [-0.15, -0.1) is 22.7 Å². The molecule has 1 N–H and O–H groups in total. The summed E-state index contributed by atoms with van der Waals surface area (Å²) in [6.45, 7) is 0. The number of para-hydroxylation sites is 1. The van der Waals surface area contributed by atoms with E-state index in [2.05, 4.69) is 10.3 Å². The zero-order chi connectivity index (χ0) is 24.5. The molecule has 0 saturated heterocycles. The first-order chi connectivity index (χ1) is 16.9. The second-order valence-electron chi connectivity index (χ2n) is 7.48. The van der Waals surface area contributed by atoms with Crippen LogP contribution in [0.5, 0.6) is 0 Å². The van der Waals surface area contributed by atoms with Crippen LogP contribution < -0.4 is 5.32 Å². The number of fused-ring (bicyclic) bond motifs is 1. The lowest BCUT2D eigenvalue weighted by molar-refractivity contribution is 0.0603. The summed E-state index contributed by atoms with van der Waals surface area (Å²) in [5.41, 5.74) is 3.08. The van der Waals surface area contributed by atoms with E-state index in [0.717, 1.165) is 4.88 Å². The van der Waals surface area contributed by atoms with Crippen molar-refractivity contribution < 1.29 is 18.7 Å². The van der Waals surface area contributed by atoms with E-state index < -0.39 is 11.9 Å². The Kier molecular flexibility index (Phi) is 6.34. The molecule has 0 radical (unpaired) electrons. The zero-order valence-electron chi connectivity index (χ0n) is 18.2. The number of benzene rings is 2. The standard InChI is InChI=1S/C26H16ClFN2O3S2/c1-33-26(32)23-18(14-6-8-15(28)9-7-14)13-34-25(23)30-24(31)17-12-20(21-10-11-22(27)35-21)29-19-5-3-2-4-16(17)19/h2-13H,1H3,(H,30,31). The van der Waals surface area contributed by atoms with Crippen molar-refractivity contribution in [1.29, 1.82) is 0 Å². The SMILES string of the molecule is COC(=O)c1c(-c2ccc(F)cc2)csc1NC(=O)c1cc(-c2ccc(Cl)s2)nc2ccccc12. The molecule has 0 spiro atoms. The van der Waals surface area contributed by atoms with Crippen LogP contribution in [0, 0.1) is 5.82 Å². The van der Waals surface area contributed by atoms with Crippen LogP contribution in [0.15, 0.2) is 72.1 Å². The van der Waals surface area contributed by atoms with Gasteiger partial charge in [0.25, 0.3) is 5.91 Å². The Morgan fingerprint density at radius 3 is 2.54 bits per heavy atom. The molecular weight excluding hydrogens is 507 g/mol. The summed E-state index contributed by atoms with van der Waals surface area (Å²) < 4.78 is 19.0. The van der Waals surface area contributed by atoms with Crippen molar-refractivity contribution in [2.24, 2.45) is 0 Å². The van der Waals surface area contributed by atoms with E-state index in [1.807, 2.05) is 30.3 Å². The van der Waals surface area contributed by atoms with Gasteiger partial charge in [-0.05, 0) is 42.0 Å². The topological polar surface area (TPSA) is 68.3 Å². The smallest absolute Gasteiger partial charge is 0.341 e. The van der Waals surface area contributed by atoms with Crippen molar-refractivity contribution in [3.63, 3.8) is 0 Å². The van der Waals surface area contributed by atoms with Crippen LogP contribution in [0.2, 0.25) is 4.34 Å². The Bertz CT molecular complexity index is 1580. The molecule has 5 nitrogen and oxygen atoms in total. The number of halogens is 2. The molecule has 35 heavy (non-hydrogen) atoms. The third kappa shape index (κ3) is 4.55.